The fourth-order valence-corrected chi connectivity index (χ4v) is 6.11. The number of pyridine rings is 1. The second-order valence-electron chi connectivity index (χ2n) is 6.85. The normalized spacial score (nSPS) is 24.6. The lowest BCUT2D eigenvalue weighted by atomic mass is 9.99. The van der Waals surface area contributed by atoms with E-state index < -0.39 is 27.0 Å². The van der Waals surface area contributed by atoms with Crippen LogP contribution in [0.3, 0.4) is 0 Å². The Morgan fingerprint density at radius 1 is 1.38 bits per heavy atom. The largest absolute Gasteiger partial charge is 0.417 e. The molecule has 0 amide bonds. The quantitative estimate of drug-likeness (QED) is 0.575. The van der Waals surface area contributed by atoms with Gasteiger partial charge in [-0.25, -0.2) is 9.20 Å². The van der Waals surface area contributed by atoms with Crippen LogP contribution < -0.4 is 5.73 Å². The molecule has 0 aromatic carbocycles. The number of rotatable bonds is 2. The van der Waals surface area contributed by atoms with Crippen LogP contribution in [0, 0.1) is 11.8 Å². The van der Waals surface area contributed by atoms with Crippen LogP contribution in [-0.2, 0) is 21.4 Å². The SMILES string of the molecule is C=S1(=O)C[C@@](C)(c2sc(-c3cncc(C#CC)c3)cc2C(F)(F)F)N=C(N)N1C. The van der Waals surface area contributed by atoms with Crippen LogP contribution in [0.4, 0.5) is 13.2 Å². The molecule has 2 atom stereocenters. The first-order chi connectivity index (χ1) is 13.4. The molecule has 0 fully saturated rings. The van der Waals surface area contributed by atoms with Crippen molar-refractivity contribution in [2.75, 3.05) is 12.8 Å². The lowest BCUT2D eigenvalue weighted by Crippen LogP contribution is -2.50. The Labute approximate surface area is 171 Å². The predicted molar refractivity (Wildman–Crippen MR) is 112 cm³/mol. The summed E-state index contributed by atoms with van der Waals surface area (Å²) in [6.45, 7) is 3.16. The number of aliphatic imine (C=N–C) groups is 1. The molecule has 1 unspecified atom stereocenters. The van der Waals surface area contributed by atoms with E-state index >= 15 is 0 Å². The van der Waals surface area contributed by atoms with E-state index in [4.69, 9.17) is 5.73 Å². The first kappa shape index (κ1) is 21.2. The third-order valence-corrected chi connectivity index (χ3v) is 8.14. The van der Waals surface area contributed by atoms with E-state index in [1.54, 1.807) is 19.2 Å². The first-order valence-corrected chi connectivity index (χ1v) is 11.1. The van der Waals surface area contributed by atoms with Crippen molar-refractivity contribution in [2.45, 2.75) is 25.6 Å². The van der Waals surface area contributed by atoms with Crippen LogP contribution in [0.5, 0.6) is 0 Å². The Hall–Kier alpha value is -2.51. The molecule has 0 spiro atoms. The Balaban J connectivity index is 2.22. The van der Waals surface area contributed by atoms with Crippen LogP contribution in [0.15, 0.2) is 29.5 Å². The van der Waals surface area contributed by atoms with Gasteiger partial charge in [0.05, 0.1) is 21.0 Å². The maximum atomic E-state index is 13.9. The van der Waals surface area contributed by atoms with Gasteiger partial charge in [0.15, 0.2) is 0 Å². The third kappa shape index (κ3) is 3.97. The molecule has 0 saturated heterocycles. The summed E-state index contributed by atoms with van der Waals surface area (Å²) in [4.78, 5) is 8.64. The molecule has 3 heterocycles. The van der Waals surface area contributed by atoms with Crippen molar-refractivity contribution in [1.82, 2.24) is 9.29 Å². The highest BCUT2D eigenvalue weighted by atomic mass is 32.2. The number of alkyl halides is 3. The molecule has 2 N–H and O–H groups in total. The highest BCUT2D eigenvalue weighted by molar-refractivity contribution is 7.98. The van der Waals surface area contributed by atoms with Crippen molar-refractivity contribution in [3.8, 4) is 22.3 Å². The Bertz CT molecular complexity index is 1160. The van der Waals surface area contributed by atoms with Gasteiger partial charge in [0.25, 0.3) is 0 Å². The topological polar surface area (TPSA) is 71.6 Å². The highest BCUT2D eigenvalue weighted by Crippen LogP contribution is 2.47. The summed E-state index contributed by atoms with van der Waals surface area (Å²) in [5, 5.41) is 0. The number of thiophene rings is 1. The number of hydrogen-bond donors (Lipinski definition) is 1. The molecule has 1 aliphatic heterocycles. The molecule has 1 aliphatic rings. The minimum Gasteiger partial charge on any atom is -0.369 e. The van der Waals surface area contributed by atoms with Crippen molar-refractivity contribution in [1.29, 1.82) is 0 Å². The highest BCUT2D eigenvalue weighted by Gasteiger charge is 2.45. The summed E-state index contributed by atoms with van der Waals surface area (Å²) < 4.78 is 55.6. The fourth-order valence-electron chi connectivity index (χ4n) is 3.11. The summed E-state index contributed by atoms with van der Waals surface area (Å²) in [5.41, 5.74) is 4.71. The summed E-state index contributed by atoms with van der Waals surface area (Å²) in [6.07, 6.45) is -1.59. The van der Waals surface area contributed by atoms with E-state index in [-0.39, 0.29) is 16.6 Å². The molecular formula is C19H19F3N4OS2. The zero-order chi connectivity index (χ0) is 21.6. The lowest BCUT2D eigenvalue weighted by Gasteiger charge is -2.37. The van der Waals surface area contributed by atoms with Gasteiger partial charge in [-0.15, -0.1) is 17.3 Å². The van der Waals surface area contributed by atoms with Gasteiger partial charge in [-0.2, -0.15) is 13.2 Å². The Kier molecular flexibility index (Phi) is 5.17. The lowest BCUT2D eigenvalue weighted by molar-refractivity contribution is -0.138. The van der Waals surface area contributed by atoms with Crippen molar-refractivity contribution in [3.63, 3.8) is 0 Å². The van der Waals surface area contributed by atoms with Crippen LogP contribution in [-0.4, -0.2) is 38.1 Å². The van der Waals surface area contributed by atoms with Crippen molar-refractivity contribution >= 4 is 32.9 Å². The summed E-state index contributed by atoms with van der Waals surface area (Å²) in [7, 11) is -1.45. The summed E-state index contributed by atoms with van der Waals surface area (Å²) in [5.74, 6) is 8.95. The molecule has 3 rings (SSSR count). The van der Waals surface area contributed by atoms with Gasteiger partial charge in [0, 0.05) is 40.3 Å². The molecule has 2 aromatic heterocycles. The average molecular weight is 441 g/mol. The molecule has 0 bridgehead atoms. The maximum Gasteiger partial charge on any atom is 0.417 e. The van der Waals surface area contributed by atoms with Gasteiger partial charge >= 0.3 is 6.18 Å². The zero-order valence-corrected chi connectivity index (χ0v) is 17.6. The van der Waals surface area contributed by atoms with Gasteiger partial charge in [-0.05, 0) is 31.9 Å². The molecule has 5 nitrogen and oxygen atoms in total. The monoisotopic (exact) mass is 440 g/mol. The summed E-state index contributed by atoms with van der Waals surface area (Å²) in [6, 6.07) is 2.75. The van der Waals surface area contributed by atoms with Gasteiger partial charge in [-0.3, -0.25) is 9.29 Å². The number of halogens is 3. The van der Waals surface area contributed by atoms with Gasteiger partial charge in [0.2, 0.25) is 5.96 Å². The molecule has 10 heteroatoms. The second-order valence-corrected chi connectivity index (χ2v) is 10.3. The van der Waals surface area contributed by atoms with Crippen LogP contribution in [0.1, 0.15) is 29.9 Å². The van der Waals surface area contributed by atoms with Crippen molar-refractivity contribution < 1.29 is 17.4 Å². The van der Waals surface area contributed by atoms with Gasteiger partial charge in [-0.1, -0.05) is 5.92 Å². The van der Waals surface area contributed by atoms with E-state index in [0.29, 0.717) is 16.0 Å². The number of guanidine groups is 1. The Morgan fingerprint density at radius 3 is 2.66 bits per heavy atom. The van der Waals surface area contributed by atoms with Crippen LogP contribution >= 0.6 is 11.3 Å². The van der Waals surface area contributed by atoms with E-state index in [1.165, 1.54) is 24.5 Å². The average Bonchev–Trinajstić information content (AvgIpc) is 3.07. The smallest absolute Gasteiger partial charge is 0.369 e. The molecule has 2 aromatic rings. The van der Waals surface area contributed by atoms with Crippen molar-refractivity contribution in [2.24, 2.45) is 10.7 Å². The second kappa shape index (κ2) is 7.07. The minimum atomic E-state index is -4.61. The fraction of sp³-hybridized carbons (Fsp3) is 0.316. The number of hydrogen-bond acceptors (Lipinski definition) is 5. The standard InChI is InChI=1S/C19H19F3N4OS2/c1-5-6-12-7-13(10-24-9-12)15-8-14(19(20,21)22)16(28-15)18(2)11-29(4,27)26(3)17(23)25-18/h7-10H,4,11H2,1-3H3,(H2,23,25)/t18-,29?/m0/s1. The number of nitrogens with two attached hydrogens (primary N) is 1. The van der Waals surface area contributed by atoms with E-state index in [0.717, 1.165) is 17.4 Å². The molecule has 0 radical (unpaired) electrons. The van der Waals surface area contributed by atoms with Crippen LogP contribution in [0.25, 0.3) is 10.4 Å². The van der Waals surface area contributed by atoms with E-state index in [9.17, 15) is 17.4 Å². The van der Waals surface area contributed by atoms with E-state index in [1.807, 2.05) is 0 Å². The van der Waals surface area contributed by atoms with Gasteiger partial charge in [0.1, 0.15) is 5.54 Å². The zero-order valence-electron chi connectivity index (χ0n) is 16.0. The molecule has 0 aliphatic carbocycles. The Morgan fingerprint density at radius 2 is 2.07 bits per heavy atom. The van der Waals surface area contributed by atoms with Crippen molar-refractivity contribution in [3.05, 3.63) is 40.5 Å². The third-order valence-electron chi connectivity index (χ3n) is 4.51. The molecular weight excluding hydrogens is 421 g/mol. The molecule has 29 heavy (non-hydrogen) atoms. The predicted octanol–water partition coefficient (Wildman–Crippen LogP) is 3.31. The van der Waals surface area contributed by atoms with E-state index in [2.05, 4.69) is 27.7 Å². The maximum absolute atomic E-state index is 13.9. The number of nitrogens with zero attached hydrogens (tertiary/aromatic N) is 3. The summed E-state index contributed by atoms with van der Waals surface area (Å²) >= 11 is 0.933. The molecule has 0 saturated carbocycles. The first-order valence-electron chi connectivity index (χ1n) is 8.41. The van der Waals surface area contributed by atoms with Gasteiger partial charge < -0.3 is 5.73 Å². The number of aromatic nitrogens is 1. The minimum absolute atomic E-state index is 0.0561. The molecule has 154 valence electrons. The van der Waals surface area contributed by atoms with Crippen LogP contribution in [0.2, 0.25) is 0 Å².